The molecule has 150 valence electrons. The first-order valence-corrected chi connectivity index (χ1v) is 10.1. The van der Waals surface area contributed by atoms with E-state index in [4.69, 9.17) is 0 Å². The van der Waals surface area contributed by atoms with Crippen molar-refractivity contribution in [2.45, 2.75) is 13.0 Å². The lowest BCUT2D eigenvalue weighted by molar-refractivity contribution is -0.122. The number of hydrogen-bond donors (Lipinski definition) is 1. The summed E-state index contributed by atoms with van der Waals surface area (Å²) < 4.78 is 0. The van der Waals surface area contributed by atoms with Crippen LogP contribution in [0.15, 0.2) is 78.3 Å². The van der Waals surface area contributed by atoms with Crippen molar-refractivity contribution in [2.24, 2.45) is 0 Å². The van der Waals surface area contributed by atoms with E-state index in [0.29, 0.717) is 6.04 Å². The second kappa shape index (κ2) is 8.13. The summed E-state index contributed by atoms with van der Waals surface area (Å²) in [5.41, 5.74) is 5.05. The molecule has 1 aromatic carbocycles. The number of allylic oxidation sites excluding steroid dienone is 6. The third-order valence-electron chi connectivity index (χ3n) is 5.47. The summed E-state index contributed by atoms with van der Waals surface area (Å²) in [4.78, 5) is 19.3. The van der Waals surface area contributed by atoms with Crippen LogP contribution in [-0.4, -0.2) is 55.5 Å². The molecule has 1 aromatic rings. The molecule has 0 bridgehead atoms. The van der Waals surface area contributed by atoms with E-state index < -0.39 is 0 Å². The Hall–Kier alpha value is -3.05. The van der Waals surface area contributed by atoms with E-state index in [2.05, 4.69) is 52.4 Å². The van der Waals surface area contributed by atoms with Gasteiger partial charge in [-0.15, -0.1) is 0 Å². The number of benzene rings is 1. The highest BCUT2D eigenvalue weighted by molar-refractivity contribution is 6.00. The van der Waals surface area contributed by atoms with Crippen molar-refractivity contribution in [1.29, 1.82) is 0 Å². The number of anilines is 1. The summed E-state index contributed by atoms with van der Waals surface area (Å²) in [7, 11) is 4.04. The second-order valence-electron chi connectivity index (χ2n) is 7.89. The van der Waals surface area contributed by atoms with E-state index >= 15 is 0 Å². The van der Waals surface area contributed by atoms with Gasteiger partial charge in [-0.1, -0.05) is 24.3 Å². The van der Waals surface area contributed by atoms with Crippen LogP contribution in [0.5, 0.6) is 0 Å². The number of nitrogens with zero attached hydrogens (tertiary/aromatic N) is 3. The molecule has 5 nitrogen and oxygen atoms in total. The fourth-order valence-corrected chi connectivity index (χ4v) is 3.81. The minimum atomic E-state index is -0.0303. The fourth-order valence-electron chi connectivity index (χ4n) is 3.81. The Balaban J connectivity index is 1.61. The number of carbonyl (C=O) groups is 1. The molecule has 1 amide bonds. The molecule has 0 unspecified atom stereocenters. The Labute approximate surface area is 173 Å². The van der Waals surface area contributed by atoms with Gasteiger partial charge in [0.15, 0.2) is 0 Å². The van der Waals surface area contributed by atoms with E-state index in [-0.39, 0.29) is 5.91 Å². The van der Waals surface area contributed by atoms with Crippen LogP contribution in [0.4, 0.5) is 5.69 Å². The maximum atomic E-state index is 13.1. The summed E-state index contributed by atoms with van der Waals surface area (Å²) in [5.74, 6) is -0.0303. The van der Waals surface area contributed by atoms with E-state index in [0.717, 1.165) is 47.9 Å². The van der Waals surface area contributed by atoms with Crippen molar-refractivity contribution < 1.29 is 4.79 Å². The van der Waals surface area contributed by atoms with Crippen LogP contribution in [0.1, 0.15) is 12.5 Å². The third kappa shape index (κ3) is 4.20. The molecular weight excluding hydrogens is 360 g/mol. The molecule has 0 aliphatic carbocycles. The molecule has 1 fully saturated rings. The van der Waals surface area contributed by atoms with Crippen molar-refractivity contribution >= 4 is 17.2 Å². The smallest absolute Gasteiger partial charge is 0.255 e. The molecule has 3 heterocycles. The van der Waals surface area contributed by atoms with Gasteiger partial charge in [0, 0.05) is 63.4 Å². The molecule has 3 aliphatic heterocycles. The summed E-state index contributed by atoms with van der Waals surface area (Å²) in [5, 5.41) is 3.46. The quantitative estimate of drug-likeness (QED) is 0.864. The predicted octanol–water partition coefficient (Wildman–Crippen LogP) is 3.12. The topological polar surface area (TPSA) is 38.8 Å². The lowest BCUT2D eigenvalue weighted by atomic mass is 10.0. The Kier molecular flexibility index (Phi) is 5.41. The molecule has 1 saturated heterocycles. The van der Waals surface area contributed by atoms with E-state index in [1.165, 1.54) is 0 Å². The van der Waals surface area contributed by atoms with Gasteiger partial charge in [0.05, 0.1) is 5.70 Å². The first-order valence-electron chi connectivity index (χ1n) is 10.1. The highest BCUT2D eigenvalue weighted by atomic mass is 16.2. The van der Waals surface area contributed by atoms with Crippen molar-refractivity contribution in [1.82, 2.24) is 15.1 Å². The second-order valence-corrected chi connectivity index (χ2v) is 7.89. The van der Waals surface area contributed by atoms with Gasteiger partial charge in [-0.05, 0) is 48.4 Å². The van der Waals surface area contributed by atoms with Crippen LogP contribution in [0, 0.1) is 0 Å². The highest BCUT2D eigenvalue weighted by Crippen LogP contribution is 2.26. The zero-order valence-corrected chi connectivity index (χ0v) is 17.3. The molecule has 4 rings (SSSR count). The largest absolute Gasteiger partial charge is 0.378 e. The van der Waals surface area contributed by atoms with E-state index in [1.54, 1.807) is 11.0 Å². The summed E-state index contributed by atoms with van der Waals surface area (Å²) in [6.45, 7) is 5.03. The Morgan fingerprint density at radius 1 is 1.07 bits per heavy atom. The molecule has 0 radical (unpaired) electrons. The summed E-state index contributed by atoms with van der Waals surface area (Å²) in [6.07, 6.45) is 13.8. The standard InChI is InChI=1S/C24H28N4O/c1-18-16-27(14-13-25-18)23-12-11-22-6-4-5-20(15-24(29)28(22)17-23)19-7-9-21(10-8-19)26(2)3/h4-12,15,17-18,25H,13-14,16H2,1-3H3/b5-4+,20-15+,22-6+/t18-/m0/s1. The minimum Gasteiger partial charge on any atom is -0.378 e. The number of rotatable bonds is 3. The number of amides is 1. The average molecular weight is 389 g/mol. The number of nitrogens with one attached hydrogen (secondary N) is 1. The van der Waals surface area contributed by atoms with Gasteiger partial charge < -0.3 is 15.1 Å². The van der Waals surface area contributed by atoms with Crippen LogP contribution >= 0.6 is 0 Å². The van der Waals surface area contributed by atoms with E-state index in [9.17, 15) is 4.79 Å². The lowest BCUT2D eigenvalue weighted by Gasteiger charge is -2.36. The molecule has 1 atom stereocenters. The Bertz CT molecular complexity index is 934. The molecule has 29 heavy (non-hydrogen) atoms. The number of piperazine rings is 1. The fraction of sp³-hybridized carbons (Fsp3) is 0.292. The van der Waals surface area contributed by atoms with Crippen LogP contribution in [0.3, 0.4) is 0 Å². The Morgan fingerprint density at radius 3 is 2.55 bits per heavy atom. The zero-order valence-electron chi connectivity index (χ0n) is 17.3. The van der Waals surface area contributed by atoms with Gasteiger partial charge >= 0.3 is 0 Å². The average Bonchev–Trinajstić information content (AvgIpc) is 2.71. The van der Waals surface area contributed by atoms with Gasteiger partial charge in [0.1, 0.15) is 0 Å². The van der Waals surface area contributed by atoms with Gasteiger partial charge in [-0.25, -0.2) is 0 Å². The molecule has 3 aliphatic rings. The maximum absolute atomic E-state index is 13.1. The molecule has 0 saturated carbocycles. The van der Waals surface area contributed by atoms with Gasteiger partial charge in [-0.2, -0.15) is 0 Å². The first-order chi connectivity index (χ1) is 14.0. The highest BCUT2D eigenvalue weighted by Gasteiger charge is 2.23. The van der Waals surface area contributed by atoms with Crippen LogP contribution in [0.2, 0.25) is 0 Å². The molecule has 1 N–H and O–H groups in total. The minimum absolute atomic E-state index is 0.0303. The van der Waals surface area contributed by atoms with Crippen LogP contribution < -0.4 is 10.2 Å². The van der Waals surface area contributed by atoms with Crippen LogP contribution in [-0.2, 0) is 4.79 Å². The normalized spacial score (nSPS) is 26.4. The summed E-state index contributed by atoms with van der Waals surface area (Å²) >= 11 is 0. The van der Waals surface area contributed by atoms with Crippen molar-refractivity contribution in [3.63, 3.8) is 0 Å². The molecule has 0 aromatic heterocycles. The number of carbonyl (C=O) groups excluding carboxylic acids is 1. The number of fused-ring (bicyclic) bond motifs is 1. The van der Waals surface area contributed by atoms with Crippen molar-refractivity contribution in [2.75, 3.05) is 38.6 Å². The van der Waals surface area contributed by atoms with Crippen molar-refractivity contribution in [3.8, 4) is 0 Å². The van der Waals surface area contributed by atoms with Gasteiger partial charge in [-0.3, -0.25) is 9.69 Å². The maximum Gasteiger partial charge on any atom is 0.255 e. The first kappa shape index (κ1) is 19.3. The van der Waals surface area contributed by atoms with Crippen molar-refractivity contribution in [3.05, 3.63) is 83.9 Å². The lowest BCUT2D eigenvalue weighted by Crippen LogP contribution is -2.48. The monoisotopic (exact) mass is 388 g/mol. The summed E-state index contributed by atoms with van der Waals surface area (Å²) in [6, 6.07) is 8.70. The zero-order chi connectivity index (χ0) is 20.4. The SMILES string of the molecule is C[C@H]1CN(C2=CN3C(=O)\C=C(c4ccc(N(C)C)cc4)/C=C/C=C/3C=C2)CCN1. The third-order valence-corrected chi connectivity index (χ3v) is 5.47. The van der Waals surface area contributed by atoms with Gasteiger partial charge in [0.2, 0.25) is 0 Å². The van der Waals surface area contributed by atoms with Gasteiger partial charge in [0.25, 0.3) is 5.91 Å². The molecule has 0 spiro atoms. The predicted molar refractivity (Wildman–Crippen MR) is 119 cm³/mol. The van der Waals surface area contributed by atoms with E-state index in [1.807, 2.05) is 44.6 Å². The molecule has 5 heteroatoms. The Morgan fingerprint density at radius 2 is 1.83 bits per heavy atom. The number of hydrogen-bond acceptors (Lipinski definition) is 4. The van der Waals surface area contributed by atoms with Crippen LogP contribution in [0.25, 0.3) is 5.57 Å². The molecular formula is C24H28N4O.